The van der Waals surface area contributed by atoms with Crippen molar-refractivity contribution in [3.8, 4) is 0 Å². The second-order valence-corrected chi connectivity index (χ2v) is 3.04. The van der Waals surface area contributed by atoms with Crippen molar-refractivity contribution in [1.29, 1.82) is 0 Å². The van der Waals surface area contributed by atoms with Crippen molar-refractivity contribution in [2.24, 2.45) is 5.73 Å². The Morgan fingerprint density at radius 1 is 1.64 bits per heavy atom. The number of methoxy groups -OCH3 is 1. The van der Waals surface area contributed by atoms with E-state index in [1.54, 1.807) is 13.3 Å². The summed E-state index contributed by atoms with van der Waals surface area (Å²) in [6.07, 6.45) is 2.49. The van der Waals surface area contributed by atoms with Gasteiger partial charge < -0.3 is 15.8 Å². The molecule has 78 valence electrons. The lowest BCUT2D eigenvalue weighted by molar-refractivity contribution is 0.178. The lowest BCUT2D eigenvalue weighted by Gasteiger charge is -2.10. The summed E-state index contributed by atoms with van der Waals surface area (Å²) in [6.45, 7) is 1.37. The van der Waals surface area contributed by atoms with Gasteiger partial charge in [-0.05, 0) is 18.6 Å². The molecule has 0 saturated carbocycles. The summed E-state index contributed by atoms with van der Waals surface area (Å²) in [6, 6.07) is 3.78. The molecule has 0 aromatic carbocycles. The third-order valence-electron chi connectivity index (χ3n) is 1.77. The molecule has 1 unspecified atom stereocenters. The van der Waals surface area contributed by atoms with Crippen molar-refractivity contribution in [3.05, 3.63) is 18.3 Å². The fraction of sp³-hybridized carbons (Fsp3) is 0.556. The van der Waals surface area contributed by atoms with Gasteiger partial charge >= 0.3 is 0 Å². The molecule has 3 N–H and O–H groups in total. The Hall–Kier alpha value is -1.20. The first-order valence-electron chi connectivity index (χ1n) is 4.59. The fourth-order valence-electron chi connectivity index (χ4n) is 1.08. The van der Waals surface area contributed by atoms with Gasteiger partial charge in [-0.1, -0.05) is 0 Å². The number of anilines is 1. The predicted octanol–water partition coefficient (Wildman–Crippen LogP) is 0.252. The van der Waals surface area contributed by atoms with Crippen molar-refractivity contribution in [3.63, 3.8) is 0 Å². The molecule has 1 rings (SSSR count). The van der Waals surface area contributed by atoms with Gasteiger partial charge in [0.25, 0.3) is 0 Å². The Labute approximate surface area is 83.7 Å². The minimum atomic E-state index is 0.0733. The average Bonchev–Trinajstić information content (AvgIpc) is 2.20. The summed E-state index contributed by atoms with van der Waals surface area (Å²) in [5, 5.41) is 10.8. The van der Waals surface area contributed by atoms with Gasteiger partial charge in [0.2, 0.25) is 0 Å². The first-order valence-corrected chi connectivity index (χ1v) is 4.59. The van der Waals surface area contributed by atoms with Crippen LogP contribution in [0.1, 0.15) is 6.42 Å². The van der Waals surface area contributed by atoms with Crippen LogP contribution in [0, 0.1) is 0 Å². The van der Waals surface area contributed by atoms with Crippen LogP contribution in [0.4, 0.5) is 5.82 Å². The Morgan fingerprint density at radius 2 is 2.50 bits per heavy atom. The first-order chi connectivity index (χ1) is 6.83. The van der Waals surface area contributed by atoms with Crippen LogP contribution in [0.3, 0.4) is 0 Å². The third kappa shape index (κ3) is 4.15. The second kappa shape index (κ2) is 6.28. The highest BCUT2D eigenvalue weighted by Gasteiger charge is 2.00. The number of hydrogen-bond acceptors (Lipinski definition) is 5. The highest BCUT2D eigenvalue weighted by molar-refractivity contribution is 5.31. The summed E-state index contributed by atoms with van der Waals surface area (Å²) in [4.78, 5) is 0. The van der Waals surface area contributed by atoms with Crippen LogP contribution in [0.25, 0.3) is 0 Å². The van der Waals surface area contributed by atoms with E-state index in [0.29, 0.717) is 6.61 Å². The number of nitrogens with zero attached hydrogens (tertiary/aromatic N) is 2. The zero-order valence-electron chi connectivity index (χ0n) is 8.31. The molecule has 1 aromatic rings. The summed E-state index contributed by atoms with van der Waals surface area (Å²) in [5.41, 5.74) is 5.75. The minimum Gasteiger partial charge on any atom is -0.383 e. The van der Waals surface area contributed by atoms with E-state index in [-0.39, 0.29) is 6.04 Å². The number of rotatable bonds is 6. The number of ether oxygens (including phenoxy) is 1. The summed E-state index contributed by atoms with van der Waals surface area (Å²) < 4.78 is 4.93. The Morgan fingerprint density at radius 3 is 3.14 bits per heavy atom. The van der Waals surface area contributed by atoms with Crippen molar-refractivity contribution < 1.29 is 4.74 Å². The second-order valence-electron chi connectivity index (χ2n) is 3.04. The molecule has 0 spiro atoms. The van der Waals surface area contributed by atoms with Gasteiger partial charge in [-0.3, -0.25) is 0 Å². The van der Waals surface area contributed by atoms with Crippen molar-refractivity contribution in [2.45, 2.75) is 12.5 Å². The first kappa shape index (κ1) is 10.9. The standard InChI is InChI=1S/C9H16N4O/c1-14-7-8(10)4-6-11-9-3-2-5-12-13-9/h2-3,5,8H,4,6-7,10H2,1H3,(H,11,13). The maximum Gasteiger partial charge on any atom is 0.148 e. The Kier molecular flexibility index (Phi) is 4.88. The normalized spacial score (nSPS) is 12.4. The Bertz CT molecular complexity index is 242. The van der Waals surface area contributed by atoms with Gasteiger partial charge in [0.15, 0.2) is 0 Å². The molecule has 0 aliphatic rings. The van der Waals surface area contributed by atoms with E-state index in [4.69, 9.17) is 10.5 Å². The summed E-state index contributed by atoms with van der Waals surface area (Å²) in [7, 11) is 1.65. The molecule has 0 radical (unpaired) electrons. The van der Waals surface area contributed by atoms with Gasteiger partial charge in [-0.15, -0.1) is 5.10 Å². The van der Waals surface area contributed by atoms with Crippen LogP contribution in [0.15, 0.2) is 18.3 Å². The average molecular weight is 196 g/mol. The smallest absolute Gasteiger partial charge is 0.148 e. The zero-order chi connectivity index (χ0) is 10.2. The van der Waals surface area contributed by atoms with Crippen LogP contribution in [0.5, 0.6) is 0 Å². The monoisotopic (exact) mass is 196 g/mol. The molecule has 0 bridgehead atoms. The lowest BCUT2D eigenvalue weighted by Crippen LogP contribution is -2.28. The van der Waals surface area contributed by atoms with E-state index in [9.17, 15) is 0 Å². The van der Waals surface area contributed by atoms with Crippen molar-refractivity contribution in [1.82, 2.24) is 10.2 Å². The summed E-state index contributed by atoms with van der Waals surface area (Å²) in [5.74, 6) is 0.775. The SMILES string of the molecule is COCC(N)CCNc1cccnn1. The van der Waals surface area contributed by atoms with Crippen LogP contribution in [-0.4, -0.2) is 36.5 Å². The number of hydrogen-bond donors (Lipinski definition) is 2. The molecule has 0 saturated heterocycles. The zero-order valence-corrected chi connectivity index (χ0v) is 8.31. The topological polar surface area (TPSA) is 73.1 Å². The van der Waals surface area contributed by atoms with E-state index in [1.165, 1.54) is 0 Å². The molecular formula is C9H16N4O. The van der Waals surface area contributed by atoms with Gasteiger partial charge in [0.05, 0.1) is 6.61 Å². The van der Waals surface area contributed by atoms with E-state index < -0.39 is 0 Å². The maximum absolute atomic E-state index is 5.75. The van der Waals surface area contributed by atoms with Crippen molar-refractivity contribution in [2.75, 3.05) is 25.6 Å². The van der Waals surface area contributed by atoms with Crippen LogP contribution >= 0.6 is 0 Å². The fourth-order valence-corrected chi connectivity index (χ4v) is 1.08. The molecule has 0 aliphatic heterocycles. The minimum absolute atomic E-state index is 0.0733. The van der Waals surface area contributed by atoms with Crippen molar-refractivity contribution >= 4 is 5.82 Å². The molecule has 14 heavy (non-hydrogen) atoms. The van der Waals surface area contributed by atoms with E-state index in [0.717, 1.165) is 18.8 Å². The van der Waals surface area contributed by atoms with E-state index in [1.807, 2.05) is 12.1 Å². The quantitative estimate of drug-likeness (QED) is 0.682. The van der Waals surface area contributed by atoms with Crippen LogP contribution in [0.2, 0.25) is 0 Å². The third-order valence-corrected chi connectivity index (χ3v) is 1.77. The molecule has 1 heterocycles. The highest BCUT2D eigenvalue weighted by Crippen LogP contribution is 1.98. The Balaban J connectivity index is 2.16. The molecule has 5 nitrogen and oxygen atoms in total. The summed E-state index contributed by atoms with van der Waals surface area (Å²) >= 11 is 0. The largest absolute Gasteiger partial charge is 0.383 e. The van der Waals surface area contributed by atoms with Gasteiger partial charge in [-0.2, -0.15) is 5.10 Å². The molecule has 0 fully saturated rings. The molecule has 1 aromatic heterocycles. The number of nitrogens with two attached hydrogens (primary N) is 1. The predicted molar refractivity (Wildman–Crippen MR) is 55.0 cm³/mol. The molecule has 0 aliphatic carbocycles. The van der Waals surface area contributed by atoms with Crippen LogP contribution in [-0.2, 0) is 4.74 Å². The van der Waals surface area contributed by atoms with Gasteiger partial charge in [-0.25, -0.2) is 0 Å². The lowest BCUT2D eigenvalue weighted by atomic mass is 10.2. The van der Waals surface area contributed by atoms with E-state index >= 15 is 0 Å². The molecular weight excluding hydrogens is 180 g/mol. The number of nitrogens with one attached hydrogen (secondary N) is 1. The molecule has 0 amide bonds. The van der Waals surface area contributed by atoms with Crippen LogP contribution < -0.4 is 11.1 Å². The van der Waals surface area contributed by atoms with Gasteiger partial charge in [0, 0.05) is 25.9 Å². The maximum atomic E-state index is 5.75. The molecule has 1 atom stereocenters. The number of aromatic nitrogens is 2. The van der Waals surface area contributed by atoms with E-state index in [2.05, 4.69) is 15.5 Å². The molecule has 5 heteroatoms. The van der Waals surface area contributed by atoms with Gasteiger partial charge in [0.1, 0.15) is 5.82 Å². The highest BCUT2D eigenvalue weighted by atomic mass is 16.5.